The fraction of sp³-hybridized carbons (Fsp3) is 0.667. The molecular weight excluding hydrogens is 272 g/mol. The Labute approximate surface area is 126 Å². The van der Waals surface area contributed by atoms with Crippen LogP contribution in [-0.4, -0.2) is 48.9 Å². The Morgan fingerprint density at radius 2 is 1.67 bits per heavy atom. The van der Waals surface area contributed by atoms with Crippen LogP contribution in [0, 0.1) is 0 Å². The number of carbonyl (C=O) groups excluding carboxylic acids is 3. The molecule has 0 aliphatic rings. The first-order chi connectivity index (χ1) is 9.84. The maximum atomic E-state index is 11.5. The highest BCUT2D eigenvalue weighted by Gasteiger charge is 2.09. The molecule has 0 atom stereocenters. The van der Waals surface area contributed by atoms with Gasteiger partial charge < -0.3 is 15.0 Å². The van der Waals surface area contributed by atoms with Gasteiger partial charge in [-0.3, -0.25) is 9.59 Å². The Balaban J connectivity index is 3.82. The minimum atomic E-state index is -0.403. The van der Waals surface area contributed by atoms with Gasteiger partial charge in [0.05, 0.1) is 6.61 Å². The molecule has 0 aliphatic carbocycles. The van der Waals surface area contributed by atoms with Crippen LogP contribution in [0.5, 0.6) is 0 Å². The summed E-state index contributed by atoms with van der Waals surface area (Å²) in [6.07, 6.45) is 2.25. The van der Waals surface area contributed by atoms with Gasteiger partial charge in [-0.25, -0.2) is 4.79 Å². The van der Waals surface area contributed by atoms with Crippen LogP contribution in [0.25, 0.3) is 0 Å². The van der Waals surface area contributed by atoms with Gasteiger partial charge in [-0.2, -0.15) is 0 Å². The zero-order chi connectivity index (χ0) is 16.3. The van der Waals surface area contributed by atoms with Crippen LogP contribution in [0.1, 0.15) is 40.0 Å². The molecule has 0 aromatic carbocycles. The zero-order valence-electron chi connectivity index (χ0n) is 13.2. The summed E-state index contributed by atoms with van der Waals surface area (Å²) in [5.41, 5.74) is 0.372. The monoisotopic (exact) mass is 298 g/mol. The first kappa shape index (κ1) is 19.1. The fourth-order valence-electron chi connectivity index (χ4n) is 1.66. The lowest BCUT2D eigenvalue weighted by Crippen LogP contribution is -2.32. The Morgan fingerprint density at radius 1 is 1.05 bits per heavy atom. The van der Waals surface area contributed by atoms with Crippen molar-refractivity contribution in [2.75, 3.05) is 26.2 Å². The molecule has 0 fully saturated rings. The normalized spacial score (nSPS) is 9.86. The summed E-state index contributed by atoms with van der Waals surface area (Å²) >= 11 is 0. The van der Waals surface area contributed by atoms with E-state index in [0.29, 0.717) is 31.6 Å². The molecule has 2 amide bonds. The minimum Gasteiger partial charge on any atom is -0.462 e. The van der Waals surface area contributed by atoms with Gasteiger partial charge in [0, 0.05) is 39.1 Å². The third kappa shape index (κ3) is 10.6. The van der Waals surface area contributed by atoms with E-state index in [1.165, 1.54) is 13.8 Å². The molecular formula is C15H26N2O4. The molecule has 0 spiro atoms. The number of esters is 1. The van der Waals surface area contributed by atoms with Gasteiger partial charge in [-0.1, -0.05) is 6.58 Å². The van der Waals surface area contributed by atoms with E-state index in [2.05, 4.69) is 11.9 Å². The topological polar surface area (TPSA) is 75.7 Å². The smallest absolute Gasteiger partial charge is 0.333 e. The highest BCUT2D eigenvalue weighted by molar-refractivity contribution is 5.86. The first-order valence-corrected chi connectivity index (χ1v) is 7.17. The number of hydrogen-bond acceptors (Lipinski definition) is 4. The van der Waals surface area contributed by atoms with Crippen molar-refractivity contribution in [1.82, 2.24) is 10.2 Å². The molecule has 0 heterocycles. The summed E-state index contributed by atoms with van der Waals surface area (Å²) in [7, 11) is 0. The molecule has 6 nitrogen and oxygen atoms in total. The maximum absolute atomic E-state index is 11.5. The van der Waals surface area contributed by atoms with Crippen molar-refractivity contribution in [3.63, 3.8) is 0 Å². The first-order valence-electron chi connectivity index (χ1n) is 7.17. The molecule has 0 saturated carbocycles. The predicted molar refractivity (Wildman–Crippen MR) is 80.6 cm³/mol. The van der Waals surface area contributed by atoms with E-state index in [0.717, 1.165) is 12.8 Å². The van der Waals surface area contributed by atoms with Crippen molar-refractivity contribution < 1.29 is 19.1 Å². The van der Waals surface area contributed by atoms with Gasteiger partial charge in [0.2, 0.25) is 11.8 Å². The highest BCUT2D eigenvalue weighted by Crippen LogP contribution is 2.00. The van der Waals surface area contributed by atoms with E-state index in [4.69, 9.17) is 4.74 Å². The zero-order valence-corrected chi connectivity index (χ0v) is 13.2. The largest absolute Gasteiger partial charge is 0.462 e. The molecule has 0 aromatic rings. The van der Waals surface area contributed by atoms with Crippen molar-refractivity contribution in [2.45, 2.75) is 40.0 Å². The van der Waals surface area contributed by atoms with E-state index in [1.54, 1.807) is 11.8 Å². The van der Waals surface area contributed by atoms with E-state index in [9.17, 15) is 14.4 Å². The van der Waals surface area contributed by atoms with Crippen molar-refractivity contribution in [3.05, 3.63) is 12.2 Å². The lowest BCUT2D eigenvalue weighted by Gasteiger charge is -2.21. The van der Waals surface area contributed by atoms with Gasteiger partial charge in [-0.15, -0.1) is 0 Å². The van der Waals surface area contributed by atoms with Crippen molar-refractivity contribution in [3.8, 4) is 0 Å². The minimum absolute atomic E-state index is 0.000699. The molecule has 0 saturated heterocycles. The molecule has 1 N–H and O–H groups in total. The number of nitrogens with zero attached hydrogens (tertiary/aromatic N) is 1. The Bertz CT molecular complexity index is 380. The average molecular weight is 298 g/mol. The molecule has 0 aromatic heterocycles. The number of hydrogen-bond donors (Lipinski definition) is 1. The van der Waals surface area contributed by atoms with Gasteiger partial charge in [0.15, 0.2) is 0 Å². The number of unbranched alkanes of at least 4 members (excludes halogenated alkanes) is 1. The summed E-state index contributed by atoms with van der Waals surface area (Å²) in [4.78, 5) is 35.1. The number of carbonyl (C=O) groups is 3. The number of ether oxygens (including phenoxy) is 1. The number of rotatable bonds is 10. The van der Waals surface area contributed by atoms with Gasteiger partial charge in [-0.05, 0) is 26.2 Å². The van der Waals surface area contributed by atoms with Crippen LogP contribution in [0.2, 0.25) is 0 Å². The standard InChI is InChI=1S/C15H26N2O4/c1-12(2)15(20)21-11-7-10-17(14(4)19)9-6-5-8-16-13(3)18/h1,5-11H2,2-4H3,(H,16,18). The highest BCUT2D eigenvalue weighted by atomic mass is 16.5. The molecule has 6 heteroatoms. The summed E-state index contributed by atoms with van der Waals surface area (Å²) in [6, 6.07) is 0. The summed E-state index contributed by atoms with van der Waals surface area (Å²) in [5, 5.41) is 2.72. The predicted octanol–water partition coefficient (Wildman–Crippen LogP) is 1.26. The molecule has 120 valence electrons. The van der Waals surface area contributed by atoms with Crippen LogP contribution in [-0.2, 0) is 19.1 Å². The molecule has 0 bridgehead atoms. The van der Waals surface area contributed by atoms with Gasteiger partial charge >= 0.3 is 5.97 Å². The molecule has 0 radical (unpaired) electrons. The van der Waals surface area contributed by atoms with Crippen molar-refractivity contribution in [2.24, 2.45) is 0 Å². The second kappa shape index (κ2) is 10.9. The number of amides is 2. The molecule has 21 heavy (non-hydrogen) atoms. The van der Waals surface area contributed by atoms with E-state index >= 15 is 0 Å². The molecule has 0 unspecified atom stereocenters. The van der Waals surface area contributed by atoms with Crippen molar-refractivity contribution in [1.29, 1.82) is 0 Å². The van der Waals surface area contributed by atoms with Crippen LogP contribution < -0.4 is 5.32 Å². The summed E-state index contributed by atoms with van der Waals surface area (Å²) in [6.45, 7) is 10.2. The Kier molecular flexibility index (Phi) is 9.92. The van der Waals surface area contributed by atoms with Crippen LogP contribution in [0.3, 0.4) is 0 Å². The second-order valence-electron chi connectivity index (χ2n) is 4.97. The maximum Gasteiger partial charge on any atom is 0.333 e. The molecule has 0 aliphatic heterocycles. The average Bonchev–Trinajstić information content (AvgIpc) is 2.39. The summed E-state index contributed by atoms with van der Waals surface area (Å²) < 4.78 is 4.98. The Morgan fingerprint density at radius 3 is 2.19 bits per heavy atom. The Hall–Kier alpha value is -1.85. The number of nitrogens with one attached hydrogen (secondary N) is 1. The third-order valence-electron chi connectivity index (χ3n) is 2.83. The van der Waals surface area contributed by atoms with Crippen LogP contribution >= 0.6 is 0 Å². The van der Waals surface area contributed by atoms with E-state index < -0.39 is 5.97 Å². The van der Waals surface area contributed by atoms with Crippen LogP contribution in [0.4, 0.5) is 0 Å². The van der Waals surface area contributed by atoms with Crippen molar-refractivity contribution >= 4 is 17.8 Å². The lowest BCUT2D eigenvalue weighted by atomic mass is 10.2. The molecule has 0 rings (SSSR count). The summed E-state index contributed by atoms with van der Waals surface area (Å²) in [5.74, 6) is -0.446. The van der Waals surface area contributed by atoms with Crippen LogP contribution in [0.15, 0.2) is 12.2 Å². The fourth-order valence-corrected chi connectivity index (χ4v) is 1.66. The SMILES string of the molecule is C=C(C)C(=O)OCCCN(CCCCNC(C)=O)C(C)=O. The third-order valence-corrected chi connectivity index (χ3v) is 2.83. The van der Waals surface area contributed by atoms with Gasteiger partial charge in [0.25, 0.3) is 0 Å². The van der Waals surface area contributed by atoms with E-state index in [-0.39, 0.29) is 18.4 Å². The second-order valence-corrected chi connectivity index (χ2v) is 4.97. The van der Waals surface area contributed by atoms with Gasteiger partial charge in [0.1, 0.15) is 0 Å². The van der Waals surface area contributed by atoms with E-state index in [1.807, 2.05) is 0 Å². The lowest BCUT2D eigenvalue weighted by molar-refractivity contribution is -0.139. The quantitative estimate of drug-likeness (QED) is 0.374.